The fourth-order valence-electron chi connectivity index (χ4n) is 2.87. The number of thiol groups is 1. The summed E-state index contributed by atoms with van der Waals surface area (Å²) in [6.07, 6.45) is 1.85. The summed E-state index contributed by atoms with van der Waals surface area (Å²) in [6, 6.07) is -3.79. The maximum atomic E-state index is 12.9. The van der Waals surface area contributed by atoms with Gasteiger partial charge in [0.15, 0.2) is 0 Å². The highest BCUT2D eigenvalue weighted by Crippen LogP contribution is 2.09. The van der Waals surface area contributed by atoms with E-state index in [1.807, 2.05) is 13.8 Å². The molecule has 0 aliphatic rings. The van der Waals surface area contributed by atoms with Crippen molar-refractivity contribution in [2.75, 3.05) is 12.3 Å². The number of aliphatic carboxylic acids is 1. The molecule has 0 fully saturated rings. The lowest BCUT2D eigenvalue weighted by molar-refractivity contribution is -0.143. The summed E-state index contributed by atoms with van der Waals surface area (Å²) in [7, 11) is 0. The van der Waals surface area contributed by atoms with Crippen molar-refractivity contribution in [2.45, 2.75) is 77.5 Å². The molecule has 4 atom stereocenters. The largest absolute Gasteiger partial charge is 0.480 e. The third-order valence-corrected chi connectivity index (χ3v) is 5.08. The van der Waals surface area contributed by atoms with E-state index in [2.05, 4.69) is 28.6 Å². The monoisotopic (exact) mass is 461 g/mol. The van der Waals surface area contributed by atoms with Crippen LogP contribution in [0.4, 0.5) is 0 Å². The van der Waals surface area contributed by atoms with Gasteiger partial charge in [-0.25, -0.2) is 4.79 Å². The molecule has 0 aromatic rings. The summed E-state index contributed by atoms with van der Waals surface area (Å²) in [5.74, 6) is -2.90. The normalized spacial score (nSPS) is 15.1. The molecule has 0 aliphatic carbocycles. The van der Waals surface area contributed by atoms with Gasteiger partial charge in [0.05, 0.1) is 6.04 Å². The Hall–Kier alpha value is -1.85. The number of amides is 3. The zero-order valence-electron chi connectivity index (χ0n) is 18.9. The highest BCUT2D eigenvalue weighted by atomic mass is 32.1. The van der Waals surface area contributed by atoms with E-state index in [0.29, 0.717) is 25.8 Å². The second-order valence-corrected chi connectivity index (χ2v) is 8.76. The van der Waals surface area contributed by atoms with Gasteiger partial charge in [-0.3, -0.25) is 14.4 Å². The number of nitrogens with one attached hydrogen (secondary N) is 3. The van der Waals surface area contributed by atoms with Gasteiger partial charge in [-0.15, -0.1) is 0 Å². The number of nitrogens with two attached hydrogens (primary N) is 2. The Kier molecular flexibility index (Phi) is 14.1. The first-order valence-corrected chi connectivity index (χ1v) is 11.3. The Morgan fingerprint density at radius 3 is 1.90 bits per heavy atom. The second-order valence-electron chi connectivity index (χ2n) is 8.39. The zero-order chi connectivity index (χ0) is 24.1. The van der Waals surface area contributed by atoms with Crippen molar-refractivity contribution in [2.24, 2.45) is 23.3 Å². The number of carbonyl (C=O) groups is 4. The summed E-state index contributed by atoms with van der Waals surface area (Å²) in [4.78, 5) is 49.3. The van der Waals surface area contributed by atoms with E-state index in [1.54, 1.807) is 13.8 Å². The van der Waals surface area contributed by atoms with Gasteiger partial charge in [-0.2, -0.15) is 12.6 Å². The lowest BCUT2D eigenvalue weighted by Crippen LogP contribution is -2.58. The third kappa shape index (κ3) is 11.4. The number of carboxylic acid groups (broad SMARTS) is 1. The highest BCUT2D eigenvalue weighted by Gasteiger charge is 2.31. The first kappa shape index (κ1) is 29.1. The molecule has 4 unspecified atom stereocenters. The maximum Gasteiger partial charge on any atom is 0.326 e. The van der Waals surface area contributed by atoms with E-state index >= 15 is 0 Å². The quantitative estimate of drug-likeness (QED) is 0.128. The third-order valence-electron chi connectivity index (χ3n) is 4.68. The van der Waals surface area contributed by atoms with Gasteiger partial charge in [0, 0.05) is 5.75 Å². The Balaban J connectivity index is 5.45. The Morgan fingerprint density at radius 2 is 1.45 bits per heavy atom. The van der Waals surface area contributed by atoms with Gasteiger partial charge >= 0.3 is 5.97 Å². The van der Waals surface area contributed by atoms with E-state index in [4.69, 9.17) is 11.5 Å². The molecule has 0 bridgehead atoms. The smallest absolute Gasteiger partial charge is 0.326 e. The molecule has 3 amide bonds. The fourth-order valence-corrected chi connectivity index (χ4v) is 3.03. The zero-order valence-corrected chi connectivity index (χ0v) is 19.8. The molecule has 0 saturated heterocycles. The summed E-state index contributed by atoms with van der Waals surface area (Å²) in [5, 5.41) is 17.1. The molecule has 0 saturated carbocycles. The molecule has 180 valence electrons. The molecule has 8 N–H and O–H groups in total. The average molecular weight is 462 g/mol. The van der Waals surface area contributed by atoms with Gasteiger partial charge in [-0.05, 0) is 44.1 Å². The molecule has 11 heteroatoms. The van der Waals surface area contributed by atoms with Crippen LogP contribution >= 0.6 is 12.6 Å². The van der Waals surface area contributed by atoms with E-state index in [-0.39, 0.29) is 24.0 Å². The van der Waals surface area contributed by atoms with Gasteiger partial charge < -0.3 is 32.5 Å². The molecule has 0 aromatic heterocycles. The van der Waals surface area contributed by atoms with Crippen LogP contribution in [0.25, 0.3) is 0 Å². The number of hydrogen-bond donors (Lipinski definition) is 7. The van der Waals surface area contributed by atoms with Crippen molar-refractivity contribution >= 4 is 36.3 Å². The molecule has 10 nitrogen and oxygen atoms in total. The van der Waals surface area contributed by atoms with Crippen LogP contribution in [0.15, 0.2) is 0 Å². The van der Waals surface area contributed by atoms with Crippen LogP contribution in [0.2, 0.25) is 0 Å². The van der Waals surface area contributed by atoms with E-state index in [0.717, 1.165) is 0 Å². The molecule has 0 rings (SSSR count). The topological polar surface area (TPSA) is 177 Å². The Labute approximate surface area is 190 Å². The van der Waals surface area contributed by atoms with Crippen LogP contribution in [0.3, 0.4) is 0 Å². The molecule has 0 spiro atoms. The van der Waals surface area contributed by atoms with E-state index < -0.39 is 47.9 Å². The van der Waals surface area contributed by atoms with Gasteiger partial charge in [-0.1, -0.05) is 27.7 Å². The molecule has 0 heterocycles. The molecular weight excluding hydrogens is 422 g/mol. The molecule has 31 heavy (non-hydrogen) atoms. The van der Waals surface area contributed by atoms with Gasteiger partial charge in [0.25, 0.3) is 0 Å². The SMILES string of the molecule is CC(C)CC(NC(=O)C(N)CS)C(=O)NC(CCCCN)C(=O)NC(C(=O)O)C(C)C. The fraction of sp³-hybridized carbons (Fsp3) is 0.800. The van der Waals surface area contributed by atoms with Crippen LogP contribution in [-0.2, 0) is 19.2 Å². The van der Waals surface area contributed by atoms with Crippen LogP contribution in [0.5, 0.6) is 0 Å². The summed E-state index contributed by atoms with van der Waals surface area (Å²) in [6.45, 7) is 7.59. The van der Waals surface area contributed by atoms with E-state index in [9.17, 15) is 24.3 Å². The highest BCUT2D eigenvalue weighted by molar-refractivity contribution is 7.80. The van der Waals surface area contributed by atoms with Crippen LogP contribution in [0, 0.1) is 11.8 Å². The molecular formula is C20H39N5O5S. The Bertz CT molecular complexity index is 603. The maximum absolute atomic E-state index is 12.9. The number of rotatable bonds is 15. The minimum Gasteiger partial charge on any atom is -0.480 e. The summed E-state index contributed by atoms with van der Waals surface area (Å²) < 4.78 is 0. The number of unbranched alkanes of at least 4 members (excludes halogenated alkanes) is 1. The molecule has 0 aliphatic heterocycles. The van der Waals surface area contributed by atoms with Crippen molar-refractivity contribution in [1.82, 2.24) is 16.0 Å². The summed E-state index contributed by atoms with van der Waals surface area (Å²) in [5.41, 5.74) is 11.2. The van der Waals surface area contributed by atoms with Crippen LogP contribution < -0.4 is 27.4 Å². The second kappa shape index (κ2) is 15.0. The Morgan fingerprint density at radius 1 is 0.903 bits per heavy atom. The van der Waals surface area contributed by atoms with Gasteiger partial charge in [0.1, 0.15) is 18.1 Å². The lowest BCUT2D eigenvalue weighted by Gasteiger charge is -2.26. The van der Waals surface area contributed by atoms with Crippen molar-refractivity contribution in [3.8, 4) is 0 Å². The first-order chi connectivity index (χ1) is 14.4. The standard InChI is InChI=1S/C20H39N5O5S/c1-11(2)9-15(24-17(26)13(22)10-31)19(28)23-14(7-5-6-8-21)18(27)25-16(12(3)4)20(29)30/h11-16,31H,5-10,21-22H2,1-4H3,(H,23,28)(H,24,26)(H,25,27)(H,29,30). The van der Waals surface area contributed by atoms with Crippen molar-refractivity contribution in [1.29, 1.82) is 0 Å². The number of carboxylic acids is 1. The minimum absolute atomic E-state index is 0.0881. The predicted octanol–water partition coefficient (Wildman–Crippen LogP) is -0.386. The summed E-state index contributed by atoms with van der Waals surface area (Å²) >= 11 is 4.00. The van der Waals surface area contributed by atoms with Crippen molar-refractivity contribution in [3.63, 3.8) is 0 Å². The van der Waals surface area contributed by atoms with Crippen molar-refractivity contribution in [3.05, 3.63) is 0 Å². The average Bonchev–Trinajstić information content (AvgIpc) is 2.68. The predicted molar refractivity (Wildman–Crippen MR) is 122 cm³/mol. The minimum atomic E-state index is -1.15. The van der Waals surface area contributed by atoms with Gasteiger partial charge in [0.2, 0.25) is 17.7 Å². The number of hydrogen-bond acceptors (Lipinski definition) is 7. The van der Waals surface area contributed by atoms with Crippen LogP contribution in [-0.4, -0.2) is 65.3 Å². The number of carbonyl (C=O) groups excluding carboxylic acids is 3. The molecule has 0 aromatic carbocycles. The molecule has 0 radical (unpaired) electrons. The van der Waals surface area contributed by atoms with Crippen molar-refractivity contribution < 1.29 is 24.3 Å². The lowest BCUT2D eigenvalue weighted by atomic mass is 10.0. The van der Waals surface area contributed by atoms with E-state index in [1.165, 1.54) is 0 Å². The first-order valence-electron chi connectivity index (χ1n) is 10.6. The van der Waals surface area contributed by atoms with Crippen LogP contribution in [0.1, 0.15) is 53.4 Å².